The van der Waals surface area contributed by atoms with Crippen LogP contribution in [0.2, 0.25) is 0 Å². The summed E-state index contributed by atoms with van der Waals surface area (Å²) in [7, 11) is 3.89. The molecule has 1 N–H and O–H groups in total. The van der Waals surface area contributed by atoms with E-state index in [4.69, 9.17) is 4.74 Å². The Morgan fingerprint density at radius 3 is 2.62 bits per heavy atom. The van der Waals surface area contributed by atoms with Gasteiger partial charge in [0.15, 0.2) is 0 Å². The summed E-state index contributed by atoms with van der Waals surface area (Å²) in [6, 6.07) is 0.670. The highest BCUT2D eigenvalue weighted by Gasteiger charge is 2.21. The van der Waals surface area contributed by atoms with Gasteiger partial charge in [-0.05, 0) is 56.1 Å². The first-order valence-corrected chi connectivity index (χ1v) is 7.67. The molecule has 0 saturated carbocycles. The van der Waals surface area contributed by atoms with Gasteiger partial charge >= 0.3 is 0 Å². The van der Waals surface area contributed by atoms with Crippen LogP contribution in [0, 0.1) is 11.8 Å². The Hall–Kier alpha value is 0.270. The largest absolute Gasteiger partial charge is 0.385 e. The highest BCUT2D eigenvalue weighted by atomic mass is 32.2. The molecule has 1 fully saturated rings. The zero-order valence-electron chi connectivity index (χ0n) is 11.0. The summed E-state index contributed by atoms with van der Waals surface area (Å²) in [5.41, 5.74) is 0. The van der Waals surface area contributed by atoms with Crippen LogP contribution >= 0.6 is 11.8 Å². The molecule has 0 amide bonds. The standard InChI is InChI=1S/C13H27NOS/c1-11(4-7-15-3)13(14-2)10-12-5-8-16-9-6-12/h11-14H,4-10H2,1-3H3. The van der Waals surface area contributed by atoms with Crippen LogP contribution in [0.4, 0.5) is 0 Å². The molecule has 0 spiro atoms. The Bertz CT molecular complexity index is 171. The van der Waals surface area contributed by atoms with Crippen LogP contribution in [0.25, 0.3) is 0 Å². The Labute approximate surface area is 105 Å². The highest BCUT2D eigenvalue weighted by molar-refractivity contribution is 7.99. The Morgan fingerprint density at radius 2 is 2.06 bits per heavy atom. The monoisotopic (exact) mass is 245 g/mol. The quantitative estimate of drug-likeness (QED) is 0.745. The molecule has 0 aromatic heterocycles. The van der Waals surface area contributed by atoms with Gasteiger partial charge in [0.2, 0.25) is 0 Å². The molecule has 0 radical (unpaired) electrons. The molecular weight excluding hydrogens is 218 g/mol. The number of ether oxygens (including phenoxy) is 1. The van der Waals surface area contributed by atoms with Crippen molar-refractivity contribution in [1.82, 2.24) is 5.32 Å². The van der Waals surface area contributed by atoms with Crippen molar-refractivity contribution in [3.05, 3.63) is 0 Å². The lowest BCUT2D eigenvalue weighted by molar-refractivity contribution is 0.166. The van der Waals surface area contributed by atoms with E-state index in [-0.39, 0.29) is 0 Å². The average molecular weight is 245 g/mol. The van der Waals surface area contributed by atoms with E-state index in [9.17, 15) is 0 Å². The molecule has 0 aromatic rings. The minimum Gasteiger partial charge on any atom is -0.385 e. The Morgan fingerprint density at radius 1 is 1.38 bits per heavy atom. The summed E-state index contributed by atoms with van der Waals surface area (Å²) in [4.78, 5) is 0. The first kappa shape index (κ1) is 14.3. The maximum atomic E-state index is 5.17. The van der Waals surface area contributed by atoms with Gasteiger partial charge in [0.05, 0.1) is 0 Å². The summed E-state index contributed by atoms with van der Waals surface area (Å²) >= 11 is 2.12. The van der Waals surface area contributed by atoms with Gasteiger partial charge in [-0.2, -0.15) is 11.8 Å². The van der Waals surface area contributed by atoms with Crippen molar-refractivity contribution in [2.24, 2.45) is 11.8 Å². The van der Waals surface area contributed by atoms with E-state index in [0.29, 0.717) is 6.04 Å². The molecule has 0 bridgehead atoms. The van der Waals surface area contributed by atoms with Crippen molar-refractivity contribution in [3.8, 4) is 0 Å². The molecule has 1 heterocycles. The van der Waals surface area contributed by atoms with E-state index in [1.165, 1.54) is 37.2 Å². The van der Waals surface area contributed by atoms with Crippen LogP contribution in [0.5, 0.6) is 0 Å². The lowest BCUT2D eigenvalue weighted by Crippen LogP contribution is -2.35. The zero-order valence-corrected chi connectivity index (χ0v) is 11.8. The van der Waals surface area contributed by atoms with E-state index in [1.54, 1.807) is 7.11 Å². The zero-order chi connectivity index (χ0) is 11.8. The minimum atomic E-state index is 0.670. The number of methoxy groups -OCH3 is 1. The molecule has 0 aliphatic carbocycles. The van der Waals surface area contributed by atoms with E-state index < -0.39 is 0 Å². The Kier molecular flexibility index (Phi) is 7.50. The lowest BCUT2D eigenvalue weighted by atomic mass is 9.87. The number of thioether (sulfide) groups is 1. The van der Waals surface area contributed by atoms with Gasteiger partial charge in [-0.1, -0.05) is 6.92 Å². The van der Waals surface area contributed by atoms with Crippen molar-refractivity contribution < 1.29 is 4.74 Å². The fraction of sp³-hybridized carbons (Fsp3) is 1.00. The number of hydrogen-bond acceptors (Lipinski definition) is 3. The second kappa shape index (κ2) is 8.37. The van der Waals surface area contributed by atoms with Crippen molar-refractivity contribution in [2.75, 3.05) is 32.3 Å². The summed E-state index contributed by atoms with van der Waals surface area (Å²) in [5, 5.41) is 3.50. The van der Waals surface area contributed by atoms with Crippen molar-refractivity contribution in [3.63, 3.8) is 0 Å². The number of nitrogens with one attached hydrogen (secondary N) is 1. The van der Waals surface area contributed by atoms with Gasteiger partial charge in [0.1, 0.15) is 0 Å². The predicted molar refractivity (Wildman–Crippen MR) is 73.2 cm³/mol. The SMILES string of the molecule is CNC(CC1CCSCC1)C(C)CCOC. The molecular formula is C13H27NOS. The third kappa shape index (κ3) is 5.07. The third-order valence-corrected chi connectivity index (χ3v) is 4.81. The summed E-state index contributed by atoms with van der Waals surface area (Å²) in [5.74, 6) is 4.41. The lowest BCUT2D eigenvalue weighted by Gasteiger charge is -2.29. The van der Waals surface area contributed by atoms with Gasteiger partial charge in [-0.25, -0.2) is 0 Å². The molecule has 1 rings (SSSR count). The molecule has 96 valence electrons. The fourth-order valence-electron chi connectivity index (χ4n) is 2.48. The summed E-state index contributed by atoms with van der Waals surface area (Å²) in [6.07, 6.45) is 5.35. The van der Waals surface area contributed by atoms with Gasteiger partial charge in [-0.3, -0.25) is 0 Å². The summed E-state index contributed by atoms with van der Waals surface area (Å²) < 4.78 is 5.17. The second-order valence-electron chi connectivity index (χ2n) is 4.95. The van der Waals surface area contributed by atoms with Gasteiger partial charge in [0.25, 0.3) is 0 Å². The van der Waals surface area contributed by atoms with Crippen molar-refractivity contribution >= 4 is 11.8 Å². The van der Waals surface area contributed by atoms with Crippen LogP contribution in [-0.2, 0) is 4.74 Å². The van der Waals surface area contributed by atoms with Crippen LogP contribution in [0.3, 0.4) is 0 Å². The van der Waals surface area contributed by atoms with Crippen LogP contribution in [0.1, 0.15) is 32.6 Å². The third-order valence-electron chi connectivity index (χ3n) is 3.76. The van der Waals surface area contributed by atoms with Crippen LogP contribution < -0.4 is 5.32 Å². The molecule has 16 heavy (non-hydrogen) atoms. The van der Waals surface area contributed by atoms with E-state index in [0.717, 1.165) is 18.4 Å². The van der Waals surface area contributed by atoms with Gasteiger partial charge < -0.3 is 10.1 Å². The van der Waals surface area contributed by atoms with Crippen molar-refractivity contribution in [2.45, 2.75) is 38.6 Å². The molecule has 2 nitrogen and oxygen atoms in total. The summed E-state index contributed by atoms with van der Waals surface area (Å²) in [6.45, 7) is 3.23. The second-order valence-corrected chi connectivity index (χ2v) is 6.17. The average Bonchev–Trinajstić information content (AvgIpc) is 2.34. The predicted octanol–water partition coefficient (Wildman–Crippen LogP) is 2.78. The minimum absolute atomic E-state index is 0.670. The van der Waals surface area contributed by atoms with E-state index in [1.807, 2.05) is 0 Å². The van der Waals surface area contributed by atoms with Crippen LogP contribution in [-0.4, -0.2) is 38.3 Å². The molecule has 2 unspecified atom stereocenters. The maximum absolute atomic E-state index is 5.17. The van der Waals surface area contributed by atoms with Gasteiger partial charge in [-0.15, -0.1) is 0 Å². The highest BCUT2D eigenvalue weighted by Crippen LogP contribution is 2.28. The van der Waals surface area contributed by atoms with E-state index in [2.05, 4.69) is 31.1 Å². The van der Waals surface area contributed by atoms with Gasteiger partial charge in [0, 0.05) is 19.8 Å². The van der Waals surface area contributed by atoms with E-state index >= 15 is 0 Å². The van der Waals surface area contributed by atoms with Crippen molar-refractivity contribution in [1.29, 1.82) is 0 Å². The number of rotatable bonds is 7. The van der Waals surface area contributed by atoms with Crippen LogP contribution in [0.15, 0.2) is 0 Å². The first-order chi connectivity index (χ1) is 7.77. The molecule has 2 atom stereocenters. The smallest absolute Gasteiger partial charge is 0.0465 e. The topological polar surface area (TPSA) is 21.3 Å². The maximum Gasteiger partial charge on any atom is 0.0465 e. The molecule has 3 heteroatoms. The molecule has 1 saturated heterocycles. The Balaban J connectivity index is 2.28. The number of hydrogen-bond donors (Lipinski definition) is 1. The first-order valence-electron chi connectivity index (χ1n) is 6.51. The molecule has 1 aliphatic heterocycles. The fourth-order valence-corrected chi connectivity index (χ4v) is 3.68. The normalized spacial score (nSPS) is 21.9. The molecule has 0 aromatic carbocycles. The molecule has 1 aliphatic rings.